The van der Waals surface area contributed by atoms with Crippen LogP contribution in [0.3, 0.4) is 0 Å². The highest BCUT2D eigenvalue weighted by Gasteiger charge is 2.15. The zero-order valence-electron chi connectivity index (χ0n) is 18.0. The lowest BCUT2D eigenvalue weighted by Gasteiger charge is -2.09. The molecule has 160 valence electrons. The average Bonchev–Trinajstić information content (AvgIpc) is 3.18. The molecule has 4 aromatic heterocycles. The second kappa shape index (κ2) is 7.85. The number of ether oxygens (including phenoxy) is 1. The maximum Gasteiger partial charge on any atom is 0.272 e. The van der Waals surface area contributed by atoms with E-state index in [1.165, 1.54) is 0 Å². The van der Waals surface area contributed by atoms with Gasteiger partial charge in [0.05, 0.1) is 22.6 Å². The standard InChI is InChI=1S/C21H20N10O/c1-11-5-6-14-12(2)23-20(25-16(14)9-11)27-19-22-8-7-15(24-19)18-13(3)31-21(29-28-18)26-17(30-31)10-32-4/h5-9H,10H2,1-4H3,(H,22,23,24,25,27). The molecule has 1 aromatic carbocycles. The highest BCUT2D eigenvalue weighted by atomic mass is 16.5. The van der Waals surface area contributed by atoms with Gasteiger partial charge in [-0.1, -0.05) is 12.1 Å². The van der Waals surface area contributed by atoms with Gasteiger partial charge < -0.3 is 4.74 Å². The maximum absolute atomic E-state index is 5.10. The van der Waals surface area contributed by atoms with Crippen molar-refractivity contribution in [2.45, 2.75) is 27.4 Å². The first-order valence-corrected chi connectivity index (χ1v) is 9.95. The van der Waals surface area contributed by atoms with Crippen LogP contribution in [0.5, 0.6) is 0 Å². The summed E-state index contributed by atoms with van der Waals surface area (Å²) in [5, 5.41) is 17.0. The molecule has 0 aliphatic rings. The molecule has 0 fully saturated rings. The van der Waals surface area contributed by atoms with Crippen LogP contribution in [0.25, 0.3) is 28.1 Å². The minimum atomic E-state index is 0.296. The lowest BCUT2D eigenvalue weighted by molar-refractivity contribution is 0.178. The molecular weight excluding hydrogens is 408 g/mol. The quantitative estimate of drug-likeness (QED) is 0.446. The molecule has 0 saturated carbocycles. The maximum atomic E-state index is 5.10. The van der Waals surface area contributed by atoms with Crippen molar-refractivity contribution in [3.05, 3.63) is 53.2 Å². The Hall–Kier alpha value is -4.12. The zero-order chi connectivity index (χ0) is 22.2. The number of aryl methyl sites for hydroxylation is 3. The van der Waals surface area contributed by atoms with E-state index in [9.17, 15) is 0 Å². The fraction of sp³-hybridized carbons (Fsp3) is 0.238. The number of hydrogen-bond donors (Lipinski definition) is 1. The van der Waals surface area contributed by atoms with E-state index < -0.39 is 0 Å². The van der Waals surface area contributed by atoms with E-state index >= 15 is 0 Å². The molecular formula is C21H20N10O. The molecule has 11 heteroatoms. The van der Waals surface area contributed by atoms with E-state index in [0.29, 0.717) is 41.5 Å². The molecule has 32 heavy (non-hydrogen) atoms. The highest BCUT2D eigenvalue weighted by molar-refractivity contribution is 5.82. The molecule has 0 bridgehead atoms. The molecule has 0 saturated heterocycles. The van der Waals surface area contributed by atoms with E-state index in [1.54, 1.807) is 23.9 Å². The second-order valence-corrected chi connectivity index (χ2v) is 7.35. The number of anilines is 2. The van der Waals surface area contributed by atoms with E-state index in [2.05, 4.69) is 45.5 Å². The molecule has 0 amide bonds. The van der Waals surface area contributed by atoms with Crippen LogP contribution >= 0.6 is 0 Å². The van der Waals surface area contributed by atoms with Gasteiger partial charge in [-0.2, -0.15) is 9.50 Å². The van der Waals surface area contributed by atoms with Crippen molar-refractivity contribution >= 4 is 28.6 Å². The smallest absolute Gasteiger partial charge is 0.272 e. The minimum absolute atomic E-state index is 0.296. The third kappa shape index (κ3) is 3.58. The summed E-state index contributed by atoms with van der Waals surface area (Å²) in [5.74, 6) is 1.72. The summed E-state index contributed by atoms with van der Waals surface area (Å²) >= 11 is 0. The van der Waals surface area contributed by atoms with Crippen LogP contribution in [0.2, 0.25) is 0 Å². The third-order valence-electron chi connectivity index (χ3n) is 4.97. The van der Waals surface area contributed by atoms with Crippen LogP contribution in [0.1, 0.15) is 22.8 Å². The number of fused-ring (bicyclic) bond motifs is 2. The lowest BCUT2D eigenvalue weighted by Crippen LogP contribution is -2.06. The van der Waals surface area contributed by atoms with Crippen LogP contribution in [-0.2, 0) is 11.3 Å². The van der Waals surface area contributed by atoms with Gasteiger partial charge in [-0.25, -0.2) is 19.9 Å². The number of hydrogen-bond acceptors (Lipinski definition) is 10. The summed E-state index contributed by atoms with van der Waals surface area (Å²) in [6.07, 6.45) is 1.64. The van der Waals surface area contributed by atoms with Gasteiger partial charge in [-0.05, 0) is 38.5 Å². The Morgan fingerprint density at radius 1 is 0.969 bits per heavy atom. The van der Waals surface area contributed by atoms with Gasteiger partial charge in [-0.15, -0.1) is 15.3 Å². The summed E-state index contributed by atoms with van der Waals surface area (Å²) in [4.78, 5) is 22.3. The number of nitrogens with zero attached hydrogens (tertiary/aromatic N) is 9. The summed E-state index contributed by atoms with van der Waals surface area (Å²) in [6, 6.07) is 7.86. The molecule has 5 rings (SSSR count). The van der Waals surface area contributed by atoms with Gasteiger partial charge in [0.2, 0.25) is 11.9 Å². The van der Waals surface area contributed by atoms with Crippen molar-refractivity contribution in [2.24, 2.45) is 0 Å². The predicted molar refractivity (Wildman–Crippen MR) is 117 cm³/mol. The summed E-state index contributed by atoms with van der Waals surface area (Å²) < 4.78 is 6.73. The highest BCUT2D eigenvalue weighted by Crippen LogP contribution is 2.22. The Morgan fingerprint density at radius 3 is 2.69 bits per heavy atom. The van der Waals surface area contributed by atoms with Crippen LogP contribution in [-0.4, -0.2) is 51.8 Å². The van der Waals surface area contributed by atoms with E-state index in [-0.39, 0.29) is 0 Å². The Bertz CT molecular complexity index is 1460. The van der Waals surface area contributed by atoms with Gasteiger partial charge >= 0.3 is 0 Å². The van der Waals surface area contributed by atoms with E-state index in [1.807, 2.05) is 39.0 Å². The van der Waals surface area contributed by atoms with Crippen molar-refractivity contribution in [1.29, 1.82) is 0 Å². The van der Waals surface area contributed by atoms with Crippen LogP contribution in [0.15, 0.2) is 30.5 Å². The molecule has 0 spiro atoms. The fourth-order valence-corrected chi connectivity index (χ4v) is 3.43. The predicted octanol–water partition coefficient (Wildman–Crippen LogP) is 2.73. The van der Waals surface area contributed by atoms with Crippen molar-refractivity contribution in [1.82, 2.24) is 44.7 Å². The normalized spacial score (nSPS) is 11.4. The van der Waals surface area contributed by atoms with Crippen LogP contribution < -0.4 is 5.32 Å². The first-order chi connectivity index (χ1) is 15.5. The Morgan fingerprint density at radius 2 is 1.84 bits per heavy atom. The molecule has 4 heterocycles. The summed E-state index contributed by atoms with van der Waals surface area (Å²) in [6.45, 7) is 6.16. The van der Waals surface area contributed by atoms with Crippen molar-refractivity contribution < 1.29 is 4.74 Å². The molecule has 0 atom stereocenters. The molecule has 5 aromatic rings. The molecule has 0 aliphatic heterocycles. The average molecular weight is 428 g/mol. The number of nitrogens with one attached hydrogen (secondary N) is 1. The molecule has 0 radical (unpaired) electrons. The van der Waals surface area contributed by atoms with Crippen molar-refractivity contribution in [3.63, 3.8) is 0 Å². The summed E-state index contributed by atoms with van der Waals surface area (Å²) in [5.41, 5.74) is 4.78. The van der Waals surface area contributed by atoms with Crippen LogP contribution in [0, 0.1) is 20.8 Å². The Labute approximate surface area is 183 Å². The van der Waals surface area contributed by atoms with Gasteiger partial charge in [0.1, 0.15) is 12.3 Å². The molecule has 1 N–H and O–H groups in total. The number of methoxy groups -OCH3 is 1. The van der Waals surface area contributed by atoms with Gasteiger partial charge in [-0.3, -0.25) is 5.32 Å². The zero-order valence-corrected chi connectivity index (χ0v) is 18.0. The molecule has 0 unspecified atom stereocenters. The van der Waals surface area contributed by atoms with E-state index in [4.69, 9.17) is 4.74 Å². The first-order valence-electron chi connectivity index (χ1n) is 9.95. The van der Waals surface area contributed by atoms with E-state index in [0.717, 1.165) is 27.9 Å². The van der Waals surface area contributed by atoms with Crippen LogP contribution in [0.4, 0.5) is 11.9 Å². The fourth-order valence-electron chi connectivity index (χ4n) is 3.43. The Kier molecular flexibility index (Phi) is 4.86. The SMILES string of the molecule is COCc1nc2nnc(-c3ccnc(Nc4nc(C)c5ccc(C)cc5n4)n3)c(C)n2n1. The number of rotatable bonds is 5. The lowest BCUT2D eigenvalue weighted by atomic mass is 10.1. The van der Waals surface area contributed by atoms with Gasteiger partial charge in [0, 0.05) is 18.7 Å². The van der Waals surface area contributed by atoms with Gasteiger partial charge in [0.15, 0.2) is 5.82 Å². The first kappa shape index (κ1) is 19.8. The summed E-state index contributed by atoms with van der Waals surface area (Å²) in [7, 11) is 1.59. The topological polar surface area (TPSA) is 129 Å². The van der Waals surface area contributed by atoms with Crippen molar-refractivity contribution in [2.75, 3.05) is 12.4 Å². The van der Waals surface area contributed by atoms with Gasteiger partial charge in [0.25, 0.3) is 5.78 Å². The number of aromatic nitrogens is 9. The molecule has 11 nitrogen and oxygen atoms in total. The largest absolute Gasteiger partial charge is 0.377 e. The minimum Gasteiger partial charge on any atom is -0.377 e. The third-order valence-corrected chi connectivity index (χ3v) is 4.97. The van der Waals surface area contributed by atoms with Crippen molar-refractivity contribution in [3.8, 4) is 11.4 Å². The molecule has 0 aliphatic carbocycles. The Balaban J connectivity index is 1.50. The second-order valence-electron chi connectivity index (χ2n) is 7.35. The monoisotopic (exact) mass is 428 g/mol. The number of benzene rings is 1.